The zero-order chi connectivity index (χ0) is 12.1. The molecule has 0 N–H and O–H groups in total. The second kappa shape index (κ2) is 3.21. The van der Waals surface area contributed by atoms with E-state index in [0.29, 0.717) is 6.04 Å². The SMILES string of the molecule is [2H]c1ccc2c(ccc3c4c(ccc32)CC=C4)c1. The maximum Gasteiger partial charge on any atom is 0.0623 e. The highest BCUT2D eigenvalue weighted by Gasteiger charge is 2.10. The molecule has 0 spiro atoms. The van der Waals surface area contributed by atoms with E-state index in [9.17, 15) is 0 Å². The van der Waals surface area contributed by atoms with Crippen LogP contribution in [0.15, 0.2) is 54.6 Å². The molecule has 0 saturated carbocycles. The summed E-state index contributed by atoms with van der Waals surface area (Å²) in [6.07, 6.45) is 5.50. The van der Waals surface area contributed by atoms with Crippen molar-refractivity contribution in [2.24, 2.45) is 0 Å². The van der Waals surface area contributed by atoms with E-state index in [1.54, 1.807) is 0 Å². The Morgan fingerprint density at radius 3 is 2.82 bits per heavy atom. The first kappa shape index (κ1) is 8.08. The number of hydrogen-bond acceptors (Lipinski definition) is 0. The molecule has 0 aromatic heterocycles. The summed E-state index contributed by atoms with van der Waals surface area (Å²) in [7, 11) is 0. The van der Waals surface area contributed by atoms with Crippen LogP contribution in [0.2, 0.25) is 0 Å². The zero-order valence-corrected chi connectivity index (χ0v) is 9.40. The molecule has 0 amide bonds. The Labute approximate surface area is 102 Å². The van der Waals surface area contributed by atoms with Crippen LogP contribution in [0.25, 0.3) is 27.6 Å². The van der Waals surface area contributed by atoms with E-state index in [-0.39, 0.29) is 0 Å². The molecule has 0 saturated heterocycles. The average molecular weight is 217 g/mol. The van der Waals surface area contributed by atoms with Crippen LogP contribution < -0.4 is 0 Å². The fraction of sp³-hybridized carbons (Fsp3) is 0.0588. The van der Waals surface area contributed by atoms with Gasteiger partial charge in [-0.1, -0.05) is 60.7 Å². The predicted octanol–water partition coefficient (Wildman–Crippen LogP) is 4.56. The number of benzene rings is 3. The van der Waals surface area contributed by atoms with Gasteiger partial charge in [-0.25, -0.2) is 0 Å². The van der Waals surface area contributed by atoms with Gasteiger partial charge in [0.05, 0.1) is 1.37 Å². The van der Waals surface area contributed by atoms with E-state index >= 15 is 0 Å². The van der Waals surface area contributed by atoms with E-state index in [4.69, 9.17) is 1.37 Å². The van der Waals surface area contributed by atoms with Crippen LogP contribution in [0.1, 0.15) is 12.5 Å². The standard InChI is InChI=1S/C17H12/c1-2-6-14-12(4-1)8-10-17-15-7-3-5-13(15)9-11-16(14)17/h1-4,6-11H,5H2/i1D. The lowest BCUT2D eigenvalue weighted by Gasteiger charge is -2.08. The van der Waals surface area contributed by atoms with Crippen LogP contribution >= 0.6 is 0 Å². The third kappa shape index (κ3) is 1.18. The van der Waals surface area contributed by atoms with Gasteiger partial charge in [-0.05, 0) is 39.1 Å². The van der Waals surface area contributed by atoms with Crippen LogP contribution in [0.5, 0.6) is 0 Å². The first-order valence-corrected chi connectivity index (χ1v) is 5.94. The lowest BCUT2D eigenvalue weighted by Crippen LogP contribution is -1.85. The maximum absolute atomic E-state index is 7.70. The summed E-state index contributed by atoms with van der Waals surface area (Å²) in [5, 5.41) is 5.01. The van der Waals surface area contributed by atoms with Crippen molar-refractivity contribution in [3.05, 3.63) is 65.7 Å². The average Bonchev–Trinajstić information content (AvgIpc) is 2.86. The lowest BCUT2D eigenvalue weighted by atomic mass is 9.96. The highest BCUT2D eigenvalue weighted by atomic mass is 14.1. The first-order valence-electron chi connectivity index (χ1n) is 6.44. The monoisotopic (exact) mass is 217 g/mol. The largest absolute Gasteiger partial charge is 0.0795 e. The molecule has 3 aromatic rings. The number of allylic oxidation sites excluding steroid dienone is 1. The molecule has 0 aliphatic heterocycles. The Bertz CT molecular complexity index is 813. The van der Waals surface area contributed by atoms with E-state index < -0.39 is 0 Å². The highest BCUT2D eigenvalue weighted by Crippen LogP contribution is 2.32. The molecule has 0 radical (unpaired) electrons. The third-order valence-corrected chi connectivity index (χ3v) is 3.62. The third-order valence-electron chi connectivity index (χ3n) is 3.62. The molecule has 17 heavy (non-hydrogen) atoms. The molecule has 0 unspecified atom stereocenters. The molecule has 0 nitrogen and oxygen atoms in total. The minimum Gasteiger partial charge on any atom is -0.0795 e. The second-order valence-electron chi connectivity index (χ2n) is 4.55. The lowest BCUT2D eigenvalue weighted by molar-refractivity contribution is 1.32. The van der Waals surface area contributed by atoms with Gasteiger partial charge >= 0.3 is 0 Å². The second-order valence-corrected chi connectivity index (χ2v) is 4.55. The molecule has 0 atom stereocenters. The number of hydrogen-bond donors (Lipinski definition) is 0. The molecular weight excluding hydrogens is 204 g/mol. The van der Waals surface area contributed by atoms with Gasteiger partial charge in [0.1, 0.15) is 0 Å². The van der Waals surface area contributed by atoms with Gasteiger partial charge in [-0.3, -0.25) is 0 Å². The topological polar surface area (TPSA) is 0 Å². The van der Waals surface area contributed by atoms with Gasteiger partial charge in [0.15, 0.2) is 0 Å². The molecular formula is C17H12. The normalized spacial score (nSPS) is 14.2. The van der Waals surface area contributed by atoms with E-state index in [1.165, 1.54) is 27.3 Å². The Balaban J connectivity index is 2.20. The van der Waals surface area contributed by atoms with Crippen molar-refractivity contribution in [1.82, 2.24) is 0 Å². The van der Waals surface area contributed by atoms with Crippen molar-refractivity contribution in [3.8, 4) is 0 Å². The van der Waals surface area contributed by atoms with Gasteiger partial charge in [0.2, 0.25) is 0 Å². The molecule has 0 fully saturated rings. The fourth-order valence-electron chi connectivity index (χ4n) is 2.77. The van der Waals surface area contributed by atoms with Crippen molar-refractivity contribution in [3.63, 3.8) is 0 Å². The van der Waals surface area contributed by atoms with Crippen molar-refractivity contribution < 1.29 is 1.37 Å². The number of rotatable bonds is 0. The maximum atomic E-state index is 7.70. The van der Waals surface area contributed by atoms with Crippen LogP contribution in [-0.4, -0.2) is 0 Å². The van der Waals surface area contributed by atoms with Gasteiger partial charge in [-0.15, -0.1) is 0 Å². The summed E-state index contributed by atoms with van der Waals surface area (Å²) in [4.78, 5) is 0. The molecule has 1 aliphatic carbocycles. The van der Waals surface area contributed by atoms with E-state index in [1.807, 2.05) is 12.1 Å². The summed E-state index contributed by atoms with van der Waals surface area (Å²) in [6.45, 7) is 0. The highest BCUT2D eigenvalue weighted by molar-refractivity contribution is 6.10. The van der Waals surface area contributed by atoms with Crippen LogP contribution in [0, 0.1) is 0 Å². The smallest absolute Gasteiger partial charge is 0.0623 e. The van der Waals surface area contributed by atoms with E-state index in [2.05, 4.69) is 42.5 Å². The molecule has 1 aliphatic rings. The summed E-state index contributed by atoms with van der Waals surface area (Å²) >= 11 is 0. The Kier molecular flexibility index (Phi) is 1.52. The number of fused-ring (bicyclic) bond motifs is 5. The summed E-state index contributed by atoms with van der Waals surface area (Å²) in [5.41, 5.74) is 2.78. The van der Waals surface area contributed by atoms with Crippen molar-refractivity contribution in [2.75, 3.05) is 0 Å². The quantitative estimate of drug-likeness (QED) is 0.484. The van der Waals surface area contributed by atoms with Gasteiger partial charge in [0, 0.05) is 0 Å². The zero-order valence-electron chi connectivity index (χ0n) is 10.4. The molecule has 80 valence electrons. The van der Waals surface area contributed by atoms with Crippen molar-refractivity contribution in [2.45, 2.75) is 6.42 Å². The fourth-order valence-corrected chi connectivity index (χ4v) is 2.77. The molecule has 4 rings (SSSR count). The van der Waals surface area contributed by atoms with E-state index in [0.717, 1.165) is 11.8 Å². The Hall–Kier alpha value is -2.08. The minimum absolute atomic E-state index is 0.572. The van der Waals surface area contributed by atoms with Gasteiger partial charge in [-0.2, -0.15) is 0 Å². The Morgan fingerprint density at radius 1 is 0.882 bits per heavy atom. The van der Waals surface area contributed by atoms with Crippen LogP contribution in [0.4, 0.5) is 0 Å². The summed E-state index contributed by atoms with van der Waals surface area (Å²) in [5.74, 6) is 0. The van der Waals surface area contributed by atoms with Gasteiger partial charge < -0.3 is 0 Å². The molecule has 0 bridgehead atoms. The van der Waals surface area contributed by atoms with Crippen molar-refractivity contribution in [1.29, 1.82) is 0 Å². The molecule has 0 heteroatoms. The minimum atomic E-state index is 0.572. The van der Waals surface area contributed by atoms with Crippen molar-refractivity contribution >= 4 is 27.6 Å². The predicted molar refractivity (Wildman–Crippen MR) is 74.2 cm³/mol. The molecule has 3 aromatic carbocycles. The first-order chi connectivity index (χ1) is 8.83. The Morgan fingerprint density at radius 2 is 1.82 bits per heavy atom. The molecule has 0 heterocycles. The summed E-state index contributed by atoms with van der Waals surface area (Å²) in [6, 6.07) is 15.2. The van der Waals surface area contributed by atoms with Crippen LogP contribution in [0.3, 0.4) is 0 Å². The van der Waals surface area contributed by atoms with Gasteiger partial charge in [0.25, 0.3) is 0 Å². The van der Waals surface area contributed by atoms with Crippen LogP contribution in [-0.2, 0) is 6.42 Å². The summed E-state index contributed by atoms with van der Waals surface area (Å²) < 4.78 is 7.70.